The number of hydrogen-bond donors (Lipinski definition) is 1. The first-order valence-corrected chi connectivity index (χ1v) is 9.45. The Kier molecular flexibility index (Phi) is 4.19. The fourth-order valence-electron chi connectivity index (χ4n) is 3.09. The first-order valence-electron chi connectivity index (χ1n) is 7.86. The molecule has 2 aliphatic rings. The maximum absolute atomic E-state index is 13.1. The number of carbonyl (C=O) groups excluding carboxylic acids is 2. The van der Waals surface area contributed by atoms with Crippen LogP contribution in [0.15, 0.2) is 45.3 Å². The van der Waals surface area contributed by atoms with E-state index in [0.717, 1.165) is 20.1 Å². The highest BCUT2D eigenvalue weighted by molar-refractivity contribution is 9.10. The zero-order chi connectivity index (χ0) is 18.5. The number of carbonyl (C=O) groups is 2. The molecule has 0 aliphatic carbocycles. The first kappa shape index (κ1) is 17.4. The van der Waals surface area contributed by atoms with Crippen LogP contribution in [0.25, 0.3) is 0 Å². The molecule has 2 heterocycles. The molecule has 3 amide bonds. The van der Waals surface area contributed by atoms with E-state index in [4.69, 9.17) is 9.47 Å². The Morgan fingerprint density at radius 2 is 1.88 bits per heavy atom. The number of amides is 3. The van der Waals surface area contributed by atoms with Gasteiger partial charge in [-0.05, 0) is 42.3 Å². The molecule has 1 fully saturated rings. The normalized spacial score (nSPS) is 21.3. The highest BCUT2D eigenvalue weighted by Gasteiger charge is 2.49. The molecular formula is C18H14Br2N2O4. The molecule has 0 bridgehead atoms. The minimum atomic E-state index is -1.11. The molecule has 1 atom stereocenters. The van der Waals surface area contributed by atoms with Crippen molar-refractivity contribution < 1.29 is 19.1 Å². The number of rotatable bonds is 3. The van der Waals surface area contributed by atoms with Crippen LogP contribution < -0.4 is 14.8 Å². The van der Waals surface area contributed by atoms with E-state index in [2.05, 4.69) is 37.2 Å². The van der Waals surface area contributed by atoms with Crippen molar-refractivity contribution in [3.63, 3.8) is 0 Å². The zero-order valence-electron chi connectivity index (χ0n) is 13.7. The minimum Gasteiger partial charge on any atom is -0.454 e. The number of halogens is 2. The Morgan fingerprint density at radius 1 is 1.15 bits per heavy atom. The Bertz CT molecular complexity index is 933. The van der Waals surface area contributed by atoms with Crippen molar-refractivity contribution in [2.24, 2.45) is 0 Å². The summed E-state index contributed by atoms with van der Waals surface area (Å²) in [6.45, 7) is 2.00. The van der Waals surface area contributed by atoms with Gasteiger partial charge in [-0.1, -0.05) is 44.0 Å². The standard InChI is InChI=1S/C18H14Br2N2O4/c1-18(11-3-2-4-12(19)6-11)16(23)22(17(24)21-18)8-10-5-14-15(7-13(10)20)26-9-25-14/h2-7H,8-9H2,1H3,(H,21,24). The number of imide groups is 1. The van der Waals surface area contributed by atoms with Crippen LogP contribution in [0, 0.1) is 0 Å². The summed E-state index contributed by atoms with van der Waals surface area (Å²) in [7, 11) is 0. The van der Waals surface area contributed by atoms with Crippen molar-refractivity contribution in [2.75, 3.05) is 6.79 Å². The molecule has 1 saturated heterocycles. The lowest BCUT2D eigenvalue weighted by molar-refractivity contribution is -0.131. The predicted molar refractivity (Wildman–Crippen MR) is 101 cm³/mol. The van der Waals surface area contributed by atoms with E-state index in [9.17, 15) is 9.59 Å². The van der Waals surface area contributed by atoms with Crippen LogP contribution in [0.4, 0.5) is 4.79 Å². The Balaban J connectivity index is 1.64. The Morgan fingerprint density at radius 3 is 2.62 bits per heavy atom. The Hall–Kier alpha value is -2.06. The van der Waals surface area contributed by atoms with Gasteiger partial charge in [-0.2, -0.15) is 0 Å². The van der Waals surface area contributed by atoms with Crippen LogP contribution in [0.3, 0.4) is 0 Å². The molecule has 0 radical (unpaired) electrons. The van der Waals surface area contributed by atoms with Crippen LogP contribution in [0.1, 0.15) is 18.1 Å². The third-order valence-corrected chi connectivity index (χ3v) is 5.78. The first-order chi connectivity index (χ1) is 12.4. The summed E-state index contributed by atoms with van der Waals surface area (Å²) < 4.78 is 12.3. The van der Waals surface area contributed by atoms with Crippen molar-refractivity contribution in [1.82, 2.24) is 10.2 Å². The molecule has 1 unspecified atom stereocenters. The van der Waals surface area contributed by atoms with E-state index in [1.54, 1.807) is 19.1 Å². The lowest BCUT2D eigenvalue weighted by Gasteiger charge is -2.22. The van der Waals surface area contributed by atoms with Crippen molar-refractivity contribution in [3.05, 3.63) is 56.5 Å². The van der Waals surface area contributed by atoms with Gasteiger partial charge in [-0.15, -0.1) is 0 Å². The summed E-state index contributed by atoms with van der Waals surface area (Å²) in [5.74, 6) is 0.937. The summed E-state index contributed by atoms with van der Waals surface area (Å²) >= 11 is 6.87. The van der Waals surface area contributed by atoms with E-state index in [1.165, 1.54) is 4.90 Å². The fourth-order valence-corrected chi connectivity index (χ4v) is 3.93. The van der Waals surface area contributed by atoms with Crippen LogP contribution in [-0.4, -0.2) is 23.6 Å². The number of nitrogens with zero attached hydrogens (tertiary/aromatic N) is 1. The molecule has 2 aromatic carbocycles. The summed E-state index contributed by atoms with van der Waals surface area (Å²) in [5.41, 5.74) is 0.373. The lowest BCUT2D eigenvalue weighted by Crippen LogP contribution is -2.40. The molecule has 2 aromatic rings. The summed E-state index contributed by atoms with van der Waals surface area (Å²) in [6, 6.07) is 10.5. The van der Waals surface area contributed by atoms with Crippen LogP contribution in [0.5, 0.6) is 11.5 Å². The van der Waals surface area contributed by atoms with Crippen LogP contribution >= 0.6 is 31.9 Å². The number of ether oxygens (including phenoxy) is 2. The number of nitrogens with one attached hydrogen (secondary N) is 1. The van der Waals surface area contributed by atoms with Gasteiger partial charge in [0, 0.05) is 8.95 Å². The Labute approximate surface area is 166 Å². The van der Waals surface area contributed by atoms with E-state index in [-0.39, 0.29) is 19.2 Å². The summed E-state index contributed by atoms with van der Waals surface area (Å²) in [6.07, 6.45) is 0. The van der Waals surface area contributed by atoms with Gasteiger partial charge in [0.15, 0.2) is 11.5 Å². The summed E-state index contributed by atoms with van der Waals surface area (Å²) in [4.78, 5) is 26.8. The van der Waals surface area contributed by atoms with E-state index in [0.29, 0.717) is 11.5 Å². The molecular weight excluding hydrogens is 468 g/mol. The van der Waals surface area contributed by atoms with Gasteiger partial charge in [0.25, 0.3) is 5.91 Å². The quantitative estimate of drug-likeness (QED) is 0.675. The third-order valence-electron chi connectivity index (χ3n) is 4.55. The van der Waals surface area contributed by atoms with Crippen molar-refractivity contribution >= 4 is 43.8 Å². The second-order valence-electron chi connectivity index (χ2n) is 6.25. The molecule has 1 N–H and O–H groups in total. The van der Waals surface area contributed by atoms with E-state index < -0.39 is 11.6 Å². The molecule has 4 rings (SSSR count). The van der Waals surface area contributed by atoms with Gasteiger partial charge >= 0.3 is 6.03 Å². The highest BCUT2D eigenvalue weighted by atomic mass is 79.9. The zero-order valence-corrected chi connectivity index (χ0v) is 16.9. The van der Waals surface area contributed by atoms with Crippen LogP contribution in [0.2, 0.25) is 0 Å². The maximum Gasteiger partial charge on any atom is 0.325 e. The molecule has 26 heavy (non-hydrogen) atoms. The number of benzene rings is 2. The molecule has 2 aliphatic heterocycles. The van der Waals surface area contributed by atoms with Crippen molar-refractivity contribution in [3.8, 4) is 11.5 Å². The minimum absolute atomic E-state index is 0.130. The lowest BCUT2D eigenvalue weighted by atomic mass is 9.92. The highest BCUT2D eigenvalue weighted by Crippen LogP contribution is 2.38. The fraction of sp³-hybridized carbons (Fsp3) is 0.222. The second kappa shape index (κ2) is 6.28. The van der Waals surface area contributed by atoms with Gasteiger partial charge in [0.2, 0.25) is 6.79 Å². The number of hydrogen-bond acceptors (Lipinski definition) is 4. The number of urea groups is 1. The molecule has 6 nitrogen and oxygen atoms in total. The molecule has 134 valence electrons. The van der Waals surface area contributed by atoms with Crippen LogP contribution in [-0.2, 0) is 16.9 Å². The smallest absolute Gasteiger partial charge is 0.325 e. The van der Waals surface area contributed by atoms with E-state index in [1.807, 2.05) is 24.3 Å². The average molecular weight is 482 g/mol. The molecule has 0 spiro atoms. The predicted octanol–water partition coefficient (Wildman–Crippen LogP) is 3.91. The molecule has 8 heteroatoms. The third kappa shape index (κ3) is 2.77. The van der Waals surface area contributed by atoms with Gasteiger partial charge in [-0.3, -0.25) is 9.69 Å². The monoisotopic (exact) mass is 480 g/mol. The van der Waals surface area contributed by atoms with Gasteiger partial charge < -0.3 is 14.8 Å². The average Bonchev–Trinajstić information content (AvgIpc) is 3.13. The van der Waals surface area contributed by atoms with Gasteiger partial charge in [-0.25, -0.2) is 4.79 Å². The van der Waals surface area contributed by atoms with E-state index >= 15 is 0 Å². The molecule has 0 aromatic heterocycles. The van der Waals surface area contributed by atoms with Gasteiger partial charge in [0.05, 0.1) is 6.54 Å². The van der Waals surface area contributed by atoms with Crippen molar-refractivity contribution in [1.29, 1.82) is 0 Å². The SMILES string of the molecule is CC1(c2cccc(Br)c2)NC(=O)N(Cc2cc3c(cc2Br)OCO3)C1=O. The second-order valence-corrected chi connectivity index (χ2v) is 8.02. The topological polar surface area (TPSA) is 67.9 Å². The van der Waals surface area contributed by atoms with Gasteiger partial charge in [0.1, 0.15) is 5.54 Å². The largest absolute Gasteiger partial charge is 0.454 e. The maximum atomic E-state index is 13.1. The molecule has 0 saturated carbocycles. The van der Waals surface area contributed by atoms with Crippen molar-refractivity contribution in [2.45, 2.75) is 19.0 Å². The number of fused-ring (bicyclic) bond motifs is 1. The summed E-state index contributed by atoms with van der Waals surface area (Å²) in [5, 5.41) is 2.81.